The van der Waals surface area contributed by atoms with E-state index in [0.717, 1.165) is 23.1 Å². The minimum absolute atomic E-state index is 0.0552. The number of hydrogen-bond donors (Lipinski definition) is 1. The summed E-state index contributed by atoms with van der Waals surface area (Å²) in [6.07, 6.45) is 0.700. The molecular weight excluding hydrogens is 381 g/mol. The largest absolute Gasteiger partial charge is 0.554 e. The number of nitrogens with zero attached hydrogens (tertiary/aromatic N) is 3. The number of aliphatic carboxylic acids is 1. The lowest BCUT2D eigenvalue weighted by Gasteiger charge is -2.45. The zero-order valence-electron chi connectivity index (χ0n) is 18.3. The van der Waals surface area contributed by atoms with Crippen molar-refractivity contribution >= 4 is 26.2 Å². The Labute approximate surface area is 167 Å². The van der Waals surface area contributed by atoms with E-state index in [0.29, 0.717) is 17.4 Å². The fraction of sp³-hybridized carbons (Fsp3) is 0.737. The van der Waals surface area contributed by atoms with Crippen LogP contribution in [-0.4, -0.2) is 60.4 Å². The Balaban J connectivity index is 0.00000122. The van der Waals surface area contributed by atoms with Crippen molar-refractivity contribution in [2.24, 2.45) is 7.05 Å². The highest BCUT2D eigenvalue weighted by molar-refractivity contribution is 6.90. The number of carboxylic acid groups (broad SMARTS) is 2. The molecule has 0 spiro atoms. The van der Waals surface area contributed by atoms with E-state index in [2.05, 4.69) is 5.10 Å². The Morgan fingerprint density at radius 1 is 1.32 bits per heavy atom. The van der Waals surface area contributed by atoms with E-state index in [1.807, 2.05) is 55.6 Å². The fourth-order valence-electron chi connectivity index (χ4n) is 4.55. The first kappa shape index (κ1) is 24.3. The summed E-state index contributed by atoms with van der Waals surface area (Å²) in [7, 11) is 0.329. The molecule has 0 radical (unpaired) electrons. The van der Waals surface area contributed by atoms with Crippen molar-refractivity contribution in [3.05, 3.63) is 11.3 Å². The van der Waals surface area contributed by atoms with E-state index in [1.165, 1.54) is 0 Å². The minimum Gasteiger partial charge on any atom is -0.554 e. The number of carbonyl (C=O) groups is 2. The van der Waals surface area contributed by atoms with Crippen LogP contribution in [0.4, 0.5) is 4.11 Å². The number of aryl methyl sites for hydroxylation is 1. The predicted molar refractivity (Wildman–Crippen MR) is 106 cm³/mol. The Morgan fingerprint density at radius 3 is 2.18 bits per heavy atom. The minimum atomic E-state index is -3.46. The lowest BCUT2D eigenvalue weighted by Crippen LogP contribution is -2.62. The molecule has 0 aliphatic carbocycles. The number of fused-ring (bicyclic) bond motifs is 1. The van der Waals surface area contributed by atoms with Crippen LogP contribution in [0.5, 0.6) is 0 Å². The molecule has 1 aromatic rings. The van der Waals surface area contributed by atoms with Crippen LogP contribution >= 0.6 is 0 Å². The molecule has 1 atom stereocenters. The summed E-state index contributed by atoms with van der Waals surface area (Å²) in [6, 6.07) is 0. The van der Waals surface area contributed by atoms with Gasteiger partial charge in [0.25, 0.3) is 0 Å². The highest BCUT2D eigenvalue weighted by Crippen LogP contribution is 2.52. The van der Waals surface area contributed by atoms with Crippen LogP contribution in [0.15, 0.2) is 0 Å². The number of hydrogen-bond acceptors (Lipinski definition) is 4. The molecule has 1 aliphatic rings. The molecule has 1 aromatic heterocycles. The van der Waals surface area contributed by atoms with Gasteiger partial charge in [0.2, 0.25) is 0 Å². The highest BCUT2D eigenvalue weighted by atomic mass is 28.4. The molecule has 0 saturated carbocycles. The normalized spacial score (nSPS) is 20.0. The molecule has 7 nitrogen and oxygen atoms in total. The SMILES string of the molecule is Cn1nc2c(c1[Si](F)(C(C)(C)C)C(C)(C)C)C[N+](C)(CC(=O)O)CC2.O=C[O-]. The Morgan fingerprint density at radius 2 is 1.79 bits per heavy atom. The maximum Gasteiger partial charge on any atom is 0.359 e. The van der Waals surface area contributed by atoms with Gasteiger partial charge < -0.3 is 23.6 Å². The van der Waals surface area contributed by atoms with Gasteiger partial charge in [-0.1, -0.05) is 41.5 Å². The third kappa shape index (κ3) is 4.46. The van der Waals surface area contributed by atoms with Crippen LogP contribution in [-0.2, 0) is 29.6 Å². The van der Waals surface area contributed by atoms with Gasteiger partial charge in [0.1, 0.15) is 6.54 Å². The third-order valence-electron chi connectivity index (χ3n) is 5.57. The van der Waals surface area contributed by atoms with Gasteiger partial charge in [0.05, 0.1) is 24.6 Å². The molecule has 160 valence electrons. The molecule has 2 rings (SSSR count). The topological polar surface area (TPSA) is 95.2 Å². The van der Waals surface area contributed by atoms with E-state index >= 15 is 4.11 Å². The second kappa shape index (κ2) is 7.94. The molecular formula is C19H34FN3O4Si. The number of carboxylic acids is 1. The van der Waals surface area contributed by atoms with Crippen molar-refractivity contribution < 1.29 is 28.4 Å². The van der Waals surface area contributed by atoms with Crippen LogP contribution < -0.4 is 10.4 Å². The van der Waals surface area contributed by atoms with Crippen molar-refractivity contribution in [2.45, 2.75) is 64.6 Å². The number of quaternary nitrogens is 1. The molecule has 2 heterocycles. The molecule has 0 saturated heterocycles. The first-order valence-corrected chi connectivity index (χ1v) is 11.3. The molecule has 28 heavy (non-hydrogen) atoms. The number of rotatable bonds is 3. The van der Waals surface area contributed by atoms with Crippen molar-refractivity contribution in [3.8, 4) is 0 Å². The summed E-state index contributed by atoms with van der Waals surface area (Å²) in [5, 5.41) is 21.9. The standard InChI is InChI=1S/C18H32FN3O2Si.CH2O2/c1-17(2,3)25(19,18(4,5)6)16-13-11-22(8,12-15(23)24)10-9-14(13)20-21(16)7;2-1-3/h9-12H2,1-8H3;1H,(H,2,3). The summed E-state index contributed by atoms with van der Waals surface area (Å²) in [5.74, 6) is -0.813. The second-order valence-corrected chi connectivity index (χ2v) is 14.7. The van der Waals surface area contributed by atoms with Gasteiger partial charge in [0.15, 0.2) is 6.54 Å². The van der Waals surface area contributed by atoms with Gasteiger partial charge in [-0.15, -0.1) is 0 Å². The fourth-order valence-corrected chi connectivity index (χ4v) is 9.36. The average molecular weight is 416 g/mol. The Kier molecular flexibility index (Phi) is 6.89. The lowest BCUT2D eigenvalue weighted by molar-refractivity contribution is -0.917. The Hall–Kier alpha value is -1.74. The summed E-state index contributed by atoms with van der Waals surface area (Å²) in [4.78, 5) is 19.5. The van der Waals surface area contributed by atoms with Crippen molar-refractivity contribution in [3.63, 3.8) is 0 Å². The lowest BCUT2D eigenvalue weighted by atomic mass is 10.1. The zero-order chi connectivity index (χ0) is 22.1. The van der Waals surface area contributed by atoms with Crippen LogP contribution in [0.2, 0.25) is 10.1 Å². The van der Waals surface area contributed by atoms with Gasteiger partial charge in [-0.3, -0.25) is 4.68 Å². The van der Waals surface area contributed by atoms with Crippen molar-refractivity contribution in [1.29, 1.82) is 0 Å². The summed E-state index contributed by atoms with van der Waals surface area (Å²) >= 11 is 0. The van der Waals surface area contributed by atoms with E-state index in [9.17, 15) is 9.90 Å². The predicted octanol–water partition coefficient (Wildman–Crippen LogP) is 1.10. The van der Waals surface area contributed by atoms with Gasteiger partial charge in [-0.2, -0.15) is 5.10 Å². The molecule has 0 bridgehead atoms. The highest BCUT2D eigenvalue weighted by Gasteiger charge is 2.60. The number of halogens is 1. The molecule has 1 N–H and O–H groups in total. The maximum atomic E-state index is 16.9. The van der Waals surface area contributed by atoms with Crippen LogP contribution in [0, 0.1) is 0 Å². The molecule has 9 heteroatoms. The van der Waals surface area contributed by atoms with Crippen molar-refractivity contribution in [1.82, 2.24) is 9.78 Å². The number of carbonyl (C=O) groups excluding carboxylic acids is 1. The summed E-state index contributed by atoms with van der Waals surface area (Å²) in [6.45, 7) is 12.7. The maximum absolute atomic E-state index is 16.9. The van der Waals surface area contributed by atoms with Gasteiger partial charge in [-0.05, 0) is 10.1 Å². The third-order valence-corrected chi connectivity index (χ3v) is 11.0. The van der Waals surface area contributed by atoms with Crippen LogP contribution in [0.1, 0.15) is 52.8 Å². The first-order chi connectivity index (χ1) is 12.5. The summed E-state index contributed by atoms with van der Waals surface area (Å²) in [5.41, 5.74) is 1.90. The molecule has 1 aliphatic heterocycles. The van der Waals surface area contributed by atoms with Crippen LogP contribution in [0.3, 0.4) is 0 Å². The quantitative estimate of drug-likeness (QED) is 0.345. The van der Waals surface area contributed by atoms with E-state index in [-0.39, 0.29) is 6.54 Å². The van der Waals surface area contributed by atoms with Crippen LogP contribution in [0.25, 0.3) is 0 Å². The average Bonchev–Trinajstić information content (AvgIpc) is 2.79. The monoisotopic (exact) mass is 415 g/mol. The smallest absolute Gasteiger partial charge is 0.359 e. The van der Waals surface area contributed by atoms with Gasteiger partial charge in [-0.25, -0.2) is 4.79 Å². The molecule has 1 unspecified atom stereocenters. The summed E-state index contributed by atoms with van der Waals surface area (Å²) < 4.78 is 19.0. The van der Waals surface area contributed by atoms with Gasteiger partial charge >= 0.3 is 14.4 Å². The molecule has 0 amide bonds. The molecule has 0 fully saturated rings. The number of likely N-dealkylation sites (N-methyl/N-ethyl adjacent to an activating group) is 1. The zero-order valence-corrected chi connectivity index (χ0v) is 19.3. The first-order valence-electron chi connectivity index (χ1n) is 9.39. The Bertz CT molecular complexity index is 723. The molecule has 0 aromatic carbocycles. The number of aromatic nitrogens is 2. The van der Waals surface area contributed by atoms with Gasteiger partial charge in [0, 0.05) is 25.5 Å². The van der Waals surface area contributed by atoms with E-state index in [4.69, 9.17) is 9.90 Å². The second-order valence-electron chi connectivity index (χ2n) is 9.96. The van der Waals surface area contributed by atoms with E-state index in [1.54, 1.807) is 4.68 Å². The van der Waals surface area contributed by atoms with Crippen molar-refractivity contribution in [2.75, 3.05) is 20.1 Å². The van der Waals surface area contributed by atoms with E-state index < -0.39 is 30.9 Å².